The Hall–Kier alpha value is -2.69. The Kier molecular flexibility index (Phi) is 5.82. The number of aryl methyl sites for hydroxylation is 2. The molecule has 0 saturated carbocycles. The van der Waals surface area contributed by atoms with Gasteiger partial charge in [-0.25, -0.2) is 22.0 Å². The van der Waals surface area contributed by atoms with Crippen LogP contribution >= 0.6 is 0 Å². The van der Waals surface area contributed by atoms with Gasteiger partial charge in [-0.1, -0.05) is 50.6 Å². The minimum absolute atomic E-state index is 0.0511. The Morgan fingerprint density at radius 3 is 2.07 bits per heavy atom. The van der Waals surface area contributed by atoms with Crippen molar-refractivity contribution in [2.75, 3.05) is 0 Å². The van der Waals surface area contributed by atoms with Gasteiger partial charge in [0, 0.05) is 11.1 Å². The first-order chi connectivity index (χ1) is 13.4. The maximum atomic E-state index is 14.8. The van der Waals surface area contributed by atoms with Gasteiger partial charge in [-0.2, -0.15) is 0 Å². The summed E-state index contributed by atoms with van der Waals surface area (Å²) in [5, 5.41) is -0.595. The van der Waals surface area contributed by atoms with E-state index in [1.165, 1.54) is 24.3 Å². The average molecular weight is 390 g/mol. The van der Waals surface area contributed by atoms with Gasteiger partial charge in [-0.3, -0.25) is 0 Å². The summed E-state index contributed by atoms with van der Waals surface area (Å²) < 4.78 is 72.4. The third-order valence-corrected chi connectivity index (χ3v) is 4.75. The molecule has 0 saturated heterocycles. The third kappa shape index (κ3) is 3.53. The van der Waals surface area contributed by atoms with Gasteiger partial charge in [0.05, 0.1) is 5.39 Å². The highest BCUT2D eigenvalue weighted by molar-refractivity contribution is 5.91. The standard InChI is InChI=1S/C23H19F5/c1-3-5-13-6-8-15(9-7-13)20(25)22(27)17-11-10-16-12-14(4-2)19(24)23(28)18(16)21(17)26/h6-12H,3-5H2,1-2H3. The van der Waals surface area contributed by atoms with Crippen LogP contribution in [-0.2, 0) is 12.8 Å². The largest absolute Gasteiger partial charge is 0.205 e. The molecule has 3 aromatic carbocycles. The molecule has 0 aromatic heterocycles. The van der Waals surface area contributed by atoms with Gasteiger partial charge in [0.25, 0.3) is 0 Å². The summed E-state index contributed by atoms with van der Waals surface area (Å²) in [4.78, 5) is 0. The molecule has 0 bridgehead atoms. The molecular weight excluding hydrogens is 371 g/mol. The zero-order valence-electron chi connectivity index (χ0n) is 15.6. The second-order valence-corrected chi connectivity index (χ2v) is 6.62. The fraction of sp³-hybridized carbons (Fsp3) is 0.217. The Labute approximate surface area is 160 Å². The molecule has 146 valence electrons. The lowest BCUT2D eigenvalue weighted by Crippen LogP contribution is -1.99. The highest BCUT2D eigenvalue weighted by atomic mass is 19.2. The maximum absolute atomic E-state index is 14.8. The van der Waals surface area contributed by atoms with Crippen molar-refractivity contribution in [3.05, 3.63) is 82.2 Å². The SMILES string of the molecule is CCCc1ccc(C(F)=C(F)c2ccc3cc(CC)c(F)c(F)c3c2F)cc1. The van der Waals surface area contributed by atoms with Crippen molar-refractivity contribution < 1.29 is 22.0 Å². The number of hydrogen-bond acceptors (Lipinski definition) is 0. The lowest BCUT2D eigenvalue weighted by atomic mass is 9.99. The van der Waals surface area contributed by atoms with E-state index in [1.54, 1.807) is 19.1 Å². The van der Waals surface area contributed by atoms with Crippen LogP contribution < -0.4 is 0 Å². The summed E-state index contributed by atoms with van der Waals surface area (Å²) in [5.41, 5.74) is 0.266. The Bertz CT molecular complexity index is 1050. The summed E-state index contributed by atoms with van der Waals surface area (Å²) in [6.07, 6.45) is 1.94. The molecule has 0 unspecified atom stereocenters. The molecule has 0 atom stereocenters. The number of halogens is 5. The maximum Gasteiger partial charge on any atom is 0.169 e. The predicted octanol–water partition coefficient (Wildman–Crippen LogP) is 7.54. The normalized spacial score (nSPS) is 12.4. The van der Waals surface area contributed by atoms with E-state index < -0.39 is 40.1 Å². The van der Waals surface area contributed by atoms with Crippen LogP contribution in [0, 0.1) is 17.5 Å². The summed E-state index contributed by atoms with van der Waals surface area (Å²) >= 11 is 0. The van der Waals surface area contributed by atoms with E-state index in [4.69, 9.17) is 0 Å². The third-order valence-electron chi connectivity index (χ3n) is 4.75. The van der Waals surface area contributed by atoms with Crippen molar-refractivity contribution in [2.45, 2.75) is 33.1 Å². The van der Waals surface area contributed by atoms with Crippen LogP contribution in [0.3, 0.4) is 0 Å². The summed E-state index contributed by atoms with van der Waals surface area (Å²) in [5.74, 6) is -6.62. The van der Waals surface area contributed by atoms with Crippen molar-refractivity contribution in [3.63, 3.8) is 0 Å². The fourth-order valence-corrected chi connectivity index (χ4v) is 3.21. The van der Waals surface area contributed by atoms with Crippen molar-refractivity contribution in [3.8, 4) is 0 Å². The van der Waals surface area contributed by atoms with E-state index in [2.05, 4.69) is 0 Å². The van der Waals surface area contributed by atoms with Crippen LogP contribution in [0.4, 0.5) is 22.0 Å². The van der Waals surface area contributed by atoms with Crippen molar-refractivity contribution >= 4 is 22.4 Å². The van der Waals surface area contributed by atoms with Crippen LogP contribution in [-0.4, -0.2) is 0 Å². The van der Waals surface area contributed by atoms with Crippen molar-refractivity contribution in [2.24, 2.45) is 0 Å². The molecule has 0 radical (unpaired) electrons. The first-order valence-corrected chi connectivity index (χ1v) is 9.13. The molecule has 28 heavy (non-hydrogen) atoms. The minimum Gasteiger partial charge on any atom is -0.205 e. The first-order valence-electron chi connectivity index (χ1n) is 9.13. The van der Waals surface area contributed by atoms with Gasteiger partial charge in [0.1, 0.15) is 5.82 Å². The summed E-state index contributed by atoms with van der Waals surface area (Å²) in [7, 11) is 0. The lowest BCUT2D eigenvalue weighted by molar-refractivity contribution is 0.503. The van der Waals surface area contributed by atoms with Crippen LogP contribution in [0.25, 0.3) is 22.4 Å². The van der Waals surface area contributed by atoms with Gasteiger partial charge in [-0.05, 0) is 41.5 Å². The predicted molar refractivity (Wildman–Crippen MR) is 103 cm³/mol. The van der Waals surface area contributed by atoms with Crippen molar-refractivity contribution in [1.29, 1.82) is 0 Å². The molecule has 0 fully saturated rings. The summed E-state index contributed by atoms with van der Waals surface area (Å²) in [6.45, 7) is 3.64. The summed E-state index contributed by atoms with van der Waals surface area (Å²) in [6, 6.07) is 9.76. The number of rotatable bonds is 5. The van der Waals surface area contributed by atoms with E-state index in [-0.39, 0.29) is 22.9 Å². The fourth-order valence-electron chi connectivity index (χ4n) is 3.21. The van der Waals surface area contributed by atoms with E-state index in [0.29, 0.717) is 0 Å². The van der Waals surface area contributed by atoms with Crippen LogP contribution in [0.1, 0.15) is 42.5 Å². The second kappa shape index (κ2) is 8.13. The monoisotopic (exact) mass is 390 g/mol. The molecular formula is C23H19F5. The molecule has 0 aliphatic rings. The zero-order chi connectivity index (χ0) is 20.4. The molecule has 3 rings (SSSR count). The smallest absolute Gasteiger partial charge is 0.169 e. The molecule has 0 heterocycles. The van der Waals surface area contributed by atoms with E-state index in [1.807, 2.05) is 6.92 Å². The molecule has 3 aromatic rings. The first kappa shape index (κ1) is 20.1. The second-order valence-electron chi connectivity index (χ2n) is 6.62. The van der Waals surface area contributed by atoms with Gasteiger partial charge >= 0.3 is 0 Å². The quantitative estimate of drug-likeness (QED) is 0.312. The van der Waals surface area contributed by atoms with E-state index >= 15 is 0 Å². The molecule has 0 spiro atoms. The topological polar surface area (TPSA) is 0 Å². The zero-order valence-corrected chi connectivity index (χ0v) is 15.6. The molecule has 0 N–H and O–H groups in total. The number of fused-ring (bicyclic) bond motifs is 1. The Morgan fingerprint density at radius 2 is 1.46 bits per heavy atom. The number of hydrogen-bond donors (Lipinski definition) is 0. The highest BCUT2D eigenvalue weighted by Crippen LogP contribution is 2.35. The van der Waals surface area contributed by atoms with Gasteiger partial charge < -0.3 is 0 Å². The Morgan fingerprint density at radius 1 is 0.786 bits per heavy atom. The molecule has 5 heteroatoms. The van der Waals surface area contributed by atoms with Gasteiger partial charge in [0.2, 0.25) is 0 Å². The van der Waals surface area contributed by atoms with Crippen molar-refractivity contribution in [1.82, 2.24) is 0 Å². The average Bonchev–Trinajstić information content (AvgIpc) is 2.70. The van der Waals surface area contributed by atoms with Crippen LogP contribution in [0.15, 0.2) is 42.5 Å². The van der Waals surface area contributed by atoms with Crippen LogP contribution in [0.2, 0.25) is 0 Å². The van der Waals surface area contributed by atoms with E-state index in [9.17, 15) is 22.0 Å². The number of benzene rings is 3. The van der Waals surface area contributed by atoms with Crippen LogP contribution in [0.5, 0.6) is 0 Å². The highest BCUT2D eigenvalue weighted by Gasteiger charge is 2.22. The Balaban J connectivity index is 2.12. The molecule has 0 amide bonds. The minimum atomic E-state index is -1.46. The molecule has 0 aliphatic carbocycles. The molecule has 0 aliphatic heterocycles. The van der Waals surface area contributed by atoms with E-state index in [0.717, 1.165) is 24.5 Å². The lowest BCUT2D eigenvalue weighted by Gasteiger charge is -2.10. The molecule has 0 nitrogen and oxygen atoms in total. The van der Waals surface area contributed by atoms with Gasteiger partial charge in [-0.15, -0.1) is 0 Å². The van der Waals surface area contributed by atoms with Gasteiger partial charge in [0.15, 0.2) is 23.3 Å².